The SMILES string of the molecule is CCNC(=NCc1nc2ccccc2n1C)N1CCC(N2CCOCC2)C1.I. The zero-order chi connectivity index (χ0) is 18.6. The summed E-state index contributed by atoms with van der Waals surface area (Å²) >= 11 is 0. The van der Waals surface area contributed by atoms with E-state index in [0.29, 0.717) is 12.6 Å². The van der Waals surface area contributed by atoms with Gasteiger partial charge in [0.2, 0.25) is 0 Å². The van der Waals surface area contributed by atoms with Crippen molar-refractivity contribution in [3.63, 3.8) is 0 Å². The van der Waals surface area contributed by atoms with Crippen LogP contribution in [0, 0.1) is 0 Å². The number of para-hydroxylation sites is 2. The van der Waals surface area contributed by atoms with E-state index in [-0.39, 0.29) is 24.0 Å². The van der Waals surface area contributed by atoms with Gasteiger partial charge in [-0.25, -0.2) is 9.98 Å². The molecule has 1 aromatic carbocycles. The number of hydrogen-bond acceptors (Lipinski definition) is 4. The van der Waals surface area contributed by atoms with Crippen LogP contribution in [0.4, 0.5) is 0 Å². The fourth-order valence-corrected chi connectivity index (χ4v) is 4.08. The number of aromatic nitrogens is 2. The second kappa shape index (κ2) is 9.89. The summed E-state index contributed by atoms with van der Waals surface area (Å²) in [6.45, 7) is 9.49. The lowest BCUT2D eigenvalue weighted by molar-refractivity contribution is 0.0195. The highest BCUT2D eigenvalue weighted by atomic mass is 127. The monoisotopic (exact) mass is 498 g/mol. The van der Waals surface area contributed by atoms with Gasteiger partial charge in [-0.3, -0.25) is 4.90 Å². The van der Waals surface area contributed by atoms with Crippen LogP contribution in [0.1, 0.15) is 19.2 Å². The standard InChI is InChI=1S/C20H30N6O.HI/c1-3-21-20(26-9-8-16(15-26)25-10-12-27-13-11-25)22-14-19-23-17-6-4-5-7-18(17)24(19)2;/h4-7,16H,3,8-15H2,1-2H3,(H,21,22);1H. The number of imidazole rings is 1. The van der Waals surface area contributed by atoms with Crippen molar-refractivity contribution in [3.05, 3.63) is 30.1 Å². The first-order chi connectivity index (χ1) is 13.3. The Labute approximate surface area is 184 Å². The largest absolute Gasteiger partial charge is 0.379 e. The first-order valence-corrected chi connectivity index (χ1v) is 10.0. The molecular weight excluding hydrogens is 467 g/mol. The van der Waals surface area contributed by atoms with Crippen molar-refractivity contribution < 1.29 is 4.74 Å². The number of aliphatic imine (C=N–C) groups is 1. The lowest BCUT2D eigenvalue weighted by Gasteiger charge is -2.32. The van der Waals surface area contributed by atoms with Crippen LogP contribution in [0.5, 0.6) is 0 Å². The lowest BCUT2D eigenvalue weighted by Crippen LogP contribution is -2.46. The quantitative estimate of drug-likeness (QED) is 0.398. The summed E-state index contributed by atoms with van der Waals surface area (Å²) in [6, 6.07) is 8.85. The molecule has 0 spiro atoms. The summed E-state index contributed by atoms with van der Waals surface area (Å²) in [5.41, 5.74) is 2.19. The van der Waals surface area contributed by atoms with Crippen molar-refractivity contribution in [2.45, 2.75) is 25.9 Å². The van der Waals surface area contributed by atoms with Crippen molar-refractivity contribution in [1.82, 2.24) is 24.7 Å². The maximum absolute atomic E-state index is 5.50. The summed E-state index contributed by atoms with van der Waals surface area (Å²) in [5, 5.41) is 3.47. The highest BCUT2D eigenvalue weighted by Gasteiger charge is 2.30. The van der Waals surface area contributed by atoms with E-state index in [0.717, 1.165) is 68.8 Å². The van der Waals surface area contributed by atoms with E-state index in [2.05, 4.69) is 51.9 Å². The number of aryl methyl sites for hydroxylation is 1. The average molecular weight is 498 g/mol. The molecule has 0 aliphatic carbocycles. The van der Waals surface area contributed by atoms with Crippen LogP contribution in [-0.4, -0.2) is 77.3 Å². The highest BCUT2D eigenvalue weighted by molar-refractivity contribution is 14.0. The number of halogens is 1. The zero-order valence-corrected chi connectivity index (χ0v) is 19.1. The van der Waals surface area contributed by atoms with E-state index in [9.17, 15) is 0 Å². The van der Waals surface area contributed by atoms with Crippen molar-refractivity contribution in [3.8, 4) is 0 Å². The second-order valence-electron chi connectivity index (χ2n) is 7.28. The third-order valence-electron chi connectivity index (χ3n) is 5.61. The number of guanidine groups is 1. The minimum Gasteiger partial charge on any atom is -0.379 e. The second-order valence-corrected chi connectivity index (χ2v) is 7.28. The highest BCUT2D eigenvalue weighted by Crippen LogP contribution is 2.18. The molecular formula is C20H31IN6O. The molecule has 7 nitrogen and oxygen atoms in total. The summed E-state index contributed by atoms with van der Waals surface area (Å²) in [5.74, 6) is 2.00. The van der Waals surface area contributed by atoms with Gasteiger partial charge in [0.25, 0.3) is 0 Å². The van der Waals surface area contributed by atoms with Crippen LogP contribution in [-0.2, 0) is 18.3 Å². The Hall–Kier alpha value is -1.39. The summed E-state index contributed by atoms with van der Waals surface area (Å²) < 4.78 is 7.64. The molecule has 2 aliphatic heterocycles. The van der Waals surface area contributed by atoms with Crippen molar-refractivity contribution in [1.29, 1.82) is 0 Å². The normalized spacial score (nSPS) is 21.1. The van der Waals surface area contributed by atoms with Gasteiger partial charge in [-0.15, -0.1) is 24.0 Å². The smallest absolute Gasteiger partial charge is 0.194 e. The molecule has 0 radical (unpaired) electrons. The molecule has 2 saturated heterocycles. The van der Waals surface area contributed by atoms with Gasteiger partial charge in [0.05, 0.1) is 24.2 Å². The first kappa shape index (κ1) is 21.3. The molecule has 8 heteroatoms. The first-order valence-electron chi connectivity index (χ1n) is 10.0. The molecule has 2 aliphatic rings. The molecule has 154 valence electrons. The molecule has 1 unspecified atom stereocenters. The molecule has 2 fully saturated rings. The van der Waals surface area contributed by atoms with Gasteiger partial charge in [0, 0.05) is 45.8 Å². The van der Waals surface area contributed by atoms with Crippen molar-refractivity contribution in [2.24, 2.45) is 12.0 Å². The Morgan fingerprint density at radius 1 is 1.25 bits per heavy atom. The Morgan fingerprint density at radius 2 is 2.04 bits per heavy atom. The van der Waals surface area contributed by atoms with Crippen LogP contribution < -0.4 is 5.32 Å². The molecule has 3 heterocycles. The Bertz CT molecular complexity index is 801. The minimum atomic E-state index is 0. The van der Waals surface area contributed by atoms with Gasteiger partial charge in [-0.1, -0.05) is 12.1 Å². The third kappa shape index (κ3) is 4.60. The van der Waals surface area contributed by atoms with Crippen LogP contribution in [0.3, 0.4) is 0 Å². The molecule has 4 rings (SSSR count). The predicted molar refractivity (Wildman–Crippen MR) is 123 cm³/mol. The van der Waals surface area contributed by atoms with E-state index >= 15 is 0 Å². The zero-order valence-electron chi connectivity index (χ0n) is 16.8. The Morgan fingerprint density at radius 3 is 2.79 bits per heavy atom. The van der Waals surface area contributed by atoms with Gasteiger partial charge in [0.1, 0.15) is 12.4 Å². The number of likely N-dealkylation sites (tertiary alicyclic amines) is 1. The van der Waals surface area contributed by atoms with Gasteiger partial charge < -0.3 is 19.5 Å². The van der Waals surface area contributed by atoms with E-state index in [1.165, 1.54) is 6.42 Å². The van der Waals surface area contributed by atoms with Crippen LogP contribution in [0.25, 0.3) is 11.0 Å². The molecule has 1 N–H and O–H groups in total. The number of rotatable bonds is 4. The third-order valence-corrected chi connectivity index (χ3v) is 5.61. The molecule has 1 atom stereocenters. The van der Waals surface area contributed by atoms with E-state index in [4.69, 9.17) is 14.7 Å². The Balaban J connectivity index is 0.00000225. The predicted octanol–water partition coefficient (Wildman–Crippen LogP) is 2.06. The number of nitrogens with zero attached hydrogens (tertiary/aromatic N) is 5. The number of nitrogens with one attached hydrogen (secondary N) is 1. The fourth-order valence-electron chi connectivity index (χ4n) is 4.08. The minimum absolute atomic E-state index is 0. The van der Waals surface area contributed by atoms with Gasteiger partial charge in [0.15, 0.2) is 5.96 Å². The average Bonchev–Trinajstić information content (AvgIpc) is 3.32. The summed E-state index contributed by atoms with van der Waals surface area (Å²) in [4.78, 5) is 14.6. The van der Waals surface area contributed by atoms with E-state index in [1.807, 2.05) is 6.07 Å². The van der Waals surface area contributed by atoms with Crippen molar-refractivity contribution in [2.75, 3.05) is 45.9 Å². The maximum atomic E-state index is 5.50. The van der Waals surface area contributed by atoms with E-state index in [1.54, 1.807) is 0 Å². The number of benzene rings is 1. The topological polar surface area (TPSA) is 57.9 Å². The van der Waals surface area contributed by atoms with Crippen molar-refractivity contribution >= 4 is 41.0 Å². The molecule has 2 aromatic rings. The molecule has 28 heavy (non-hydrogen) atoms. The summed E-state index contributed by atoms with van der Waals surface area (Å²) in [7, 11) is 2.07. The number of morpholine rings is 1. The molecule has 1 aromatic heterocycles. The van der Waals surface area contributed by atoms with Crippen LogP contribution in [0.2, 0.25) is 0 Å². The summed E-state index contributed by atoms with van der Waals surface area (Å²) in [6.07, 6.45) is 1.19. The lowest BCUT2D eigenvalue weighted by atomic mass is 10.2. The number of hydrogen-bond donors (Lipinski definition) is 1. The van der Waals surface area contributed by atoms with Crippen LogP contribution >= 0.6 is 24.0 Å². The van der Waals surface area contributed by atoms with Gasteiger partial charge in [-0.2, -0.15) is 0 Å². The number of fused-ring (bicyclic) bond motifs is 1. The van der Waals surface area contributed by atoms with E-state index < -0.39 is 0 Å². The molecule has 0 amide bonds. The number of ether oxygens (including phenoxy) is 1. The van der Waals surface area contributed by atoms with Gasteiger partial charge >= 0.3 is 0 Å². The molecule has 0 bridgehead atoms. The van der Waals surface area contributed by atoms with Gasteiger partial charge in [-0.05, 0) is 25.5 Å². The van der Waals surface area contributed by atoms with Crippen LogP contribution in [0.15, 0.2) is 29.3 Å². The Kier molecular flexibility index (Phi) is 7.53. The fraction of sp³-hybridized carbons (Fsp3) is 0.600. The molecule has 0 saturated carbocycles. The maximum Gasteiger partial charge on any atom is 0.194 e.